The van der Waals surface area contributed by atoms with Gasteiger partial charge in [0.25, 0.3) is 5.91 Å². The van der Waals surface area contributed by atoms with Crippen molar-refractivity contribution in [2.24, 2.45) is 0 Å². The number of benzene rings is 1. The molecule has 0 radical (unpaired) electrons. The Kier molecular flexibility index (Phi) is 3.10. The molecule has 0 saturated heterocycles. The molecular weight excluding hydrogens is 264 g/mol. The standard InChI is InChI=1S/C16H16N4O/c1-10-8-11(2)20-7-6-14(15(20)18-10)16(21)19-13-5-3-4-12(17)9-13/h3-9H,17H2,1-2H3,(H,19,21). The zero-order valence-corrected chi connectivity index (χ0v) is 11.9. The summed E-state index contributed by atoms with van der Waals surface area (Å²) >= 11 is 0. The highest BCUT2D eigenvalue weighted by molar-refractivity contribution is 6.08. The number of fused-ring (bicyclic) bond motifs is 1. The van der Waals surface area contributed by atoms with Crippen molar-refractivity contribution >= 4 is 22.9 Å². The van der Waals surface area contributed by atoms with Crippen molar-refractivity contribution < 1.29 is 4.79 Å². The Labute approximate surface area is 122 Å². The van der Waals surface area contributed by atoms with E-state index in [1.54, 1.807) is 30.3 Å². The first-order valence-electron chi connectivity index (χ1n) is 6.67. The zero-order chi connectivity index (χ0) is 15.0. The van der Waals surface area contributed by atoms with Crippen molar-refractivity contribution in [3.63, 3.8) is 0 Å². The molecule has 0 aliphatic carbocycles. The van der Waals surface area contributed by atoms with Crippen molar-refractivity contribution in [2.75, 3.05) is 11.1 Å². The minimum atomic E-state index is -0.194. The molecule has 21 heavy (non-hydrogen) atoms. The molecule has 3 N–H and O–H groups in total. The molecule has 3 rings (SSSR count). The number of carbonyl (C=O) groups excluding carboxylic acids is 1. The molecular formula is C16H16N4O. The van der Waals surface area contributed by atoms with Crippen molar-refractivity contribution in [3.8, 4) is 0 Å². The lowest BCUT2D eigenvalue weighted by Gasteiger charge is -2.06. The van der Waals surface area contributed by atoms with Crippen LogP contribution in [-0.4, -0.2) is 15.3 Å². The monoisotopic (exact) mass is 280 g/mol. The van der Waals surface area contributed by atoms with E-state index in [0.29, 0.717) is 22.6 Å². The van der Waals surface area contributed by atoms with Crippen LogP contribution >= 0.6 is 0 Å². The van der Waals surface area contributed by atoms with Gasteiger partial charge in [0, 0.05) is 29.0 Å². The lowest BCUT2D eigenvalue weighted by Crippen LogP contribution is -2.12. The number of nitrogen functional groups attached to an aromatic ring is 1. The fraction of sp³-hybridized carbons (Fsp3) is 0.125. The Morgan fingerprint density at radius 3 is 2.81 bits per heavy atom. The number of aromatic nitrogens is 2. The Morgan fingerprint density at radius 1 is 1.24 bits per heavy atom. The Balaban J connectivity index is 1.99. The van der Waals surface area contributed by atoms with Crippen LogP contribution in [-0.2, 0) is 0 Å². The number of aryl methyl sites for hydroxylation is 2. The van der Waals surface area contributed by atoms with E-state index in [-0.39, 0.29) is 5.91 Å². The molecule has 1 aromatic carbocycles. The van der Waals surface area contributed by atoms with E-state index in [0.717, 1.165) is 11.4 Å². The Bertz CT molecular complexity index is 835. The van der Waals surface area contributed by atoms with E-state index in [4.69, 9.17) is 5.73 Å². The van der Waals surface area contributed by atoms with E-state index in [9.17, 15) is 4.79 Å². The van der Waals surface area contributed by atoms with Crippen LogP contribution < -0.4 is 11.1 Å². The maximum Gasteiger partial charge on any atom is 0.259 e. The summed E-state index contributed by atoms with van der Waals surface area (Å²) < 4.78 is 1.90. The maximum absolute atomic E-state index is 12.4. The maximum atomic E-state index is 12.4. The van der Waals surface area contributed by atoms with Gasteiger partial charge in [-0.05, 0) is 44.2 Å². The summed E-state index contributed by atoms with van der Waals surface area (Å²) in [7, 11) is 0. The predicted octanol–water partition coefficient (Wildman–Crippen LogP) is 2.79. The molecule has 5 heteroatoms. The number of amides is 1. The second-order valence-electron chi connectivity index (χ2n) is 5.04. The van der Waals surface area contributed by atoms with E-state index in [2.05, 4.69) is 10.3 Å². The number of nitrogens with zero attached hydrogens (tertiary/aromatic N) is 2. The lowest BCUT2D eigenvalue weighted by molar-refractivity contribution is 0.102. The van der Waals surface area contributed by atoms with Crippen molar-refractivity contribution in [1.82, 2.24) is 9.38 Å². The van der Waals surface area contributed by atoms with Gasteiger partial charge in [0.05, 0.1) is 5.56 Å². The fourth-order valence-electron chi connectivity index (χ4n) is 2.39. The van der Waals surface area contributed by atoms with Gasteiger partial charge in [0.1, 0.15) is 5.65 Å². The SMILES string of the molecule is Cc1cc(C)n2ccc(C(=O)Nc3cccc(N)c3)c2n1. The van der Waals surface area contributed by atoms with Gasteiger partial charge >= 0.3 is 0 Å². The number of nitrogens with two attached hydrogens (primary N) is 1. The molecule has 1 amide bonds. The molecule has 2 heterocycles. The van der Waals surface area contributed by atoms with E-state index < -0.39 is 0 Å². The average molecular weight is 280 g/mol. The van der Waals surface area contributed by atoms with Gasteiger partial charge < -0.3 is 15.5 Å². The van der Waals surface area contributed by atoms with Gasteiger partial charge in [-0.3, -0.25) is 4.79 Å². The van der Waals surface area contributed by atoms with E-state index in [1.807, 2.05) is 30.5 Å². The molecule has 0 saturated carbocycles. The normalized spacial score (nSPS) is 10.8. The Morgan fingerprint density at radius 2 is 2.05 bits per heavy atom. The van der Waals surface area contributed by atoms with Crippen LogP contribution in [0.1, 0.15) is 21.7 Å². The van der Waals surface area contributed by atoms with Crippen molar-refractivity contribution in [3.05, 3.63) is 59.5 Å². The second-order valence-corrected chi connectivity index (χ2v) is 5.04. The third-order valence-corrected chi connectivity index (χ3v) is 3.33. The highest BCUT2D eigenvalue weighted by Crippen LogP contribution is 2.17. The molecule has 5 nitrogen and oxygen atoms in total. The molecule has 3 aromatic rings. The zero-order valence-electron chi connectivity index (χ0n) is 11.9. The molecule has 0 unspecified atom stereocenters. The van der Waals surface area contributed by atoms with Crippen molar-refractivity contribution in [1.29, 1.82) is 0 Å². The lowest BCUT2D eigenvalue weighted by atomic mass is 10.2. The summed E-state index contributed by atoms with van der Waals surface area (Å²) in [4.78, 5) is 16.9. The smallest absolute Gasteiger partial charge is 0.259 e. The summed E-state index contributed by atoms with van der Waals surface area (Å²) in [5.41, 5.74) is 10.1. The molecule has 0 aliphatic heterocycles. The first kappa shape index (κ1) is 13.2. The van der Waals surface area contributed by atoms with Crippen LogP contribution in [0.15, 0.2) is 42.6 Å². The van der Waals surface area contributed by atoms with Crippen molar-refractivity contribution in [2.45, 2.75) is 13.8 Å². The molecule has 2 aromatic heterocycles. The highest BCUT2D eigenvalue weighted by Gasteiger charge is 2.14. The van der Waals surface area contributed by atoms with Crippen LogP contribution in [0, 0.1) is 13.8 Å². The van der Waals surface area contributed by atoms with Gasteiger partial charge in [-0.15, -0.1) is 0 Å². The minimum absolute atomic E-state index is 0.194. The van der Waals surface area contributed by atoms with Crippen LogP contribution in [0.5, 0.6) is 0 Å². The van der Waals surface area contributed by atoms with Crippen LogP contribution in [0.3, 0.4) is 0 Å². The summed E-state index contributed by atoms with van der Waals surface area (Å²) in [6.45, 7) is 3.90. The topological polar surface area (TPSA) is 72.4 Å². The number of hydrogen-bond donors (Lipinski definition) is 2. The first-order chi connectivity index (χ1) is 10.0. The average Bonchev–Trinajstić information content (AvgIpc) is 2.82. The number of nitrogens with one attached hydrogen (secondary N) is 1. The number of hydrogen-bond acceptors (Lipinski definition) is 3. The molecule has 0 atom stereocenters. The highest BCUT2D eigenvalue weighted by atomic mass is 16.1. The van der Waals surface area contributed by atoms with Gasteiger partial charge in [-0.1, -0.05) is 6.07 Å². The van der Waals surface area contributed by atoms with Gasteiger partial charge in [-0.2, -0.15) is 0 Å². The molecule has 0 aliphatic rings. The van der Waals surface area contributed by atoms with Gasteiger partial charge in [-0.25, -0.2) is 4.98 Å². The molecule has 0 fully saturated rings. The van der Waals surface area contributed by atoms with E-state index in [1.165, 1.54) is 0 Å². The molecule has 0 bridgehead atoms. The molecule has 106 valence electrons. The third-order valence-electron chi connectivity index (χ3n) is 3.33. The van der Waals surface area contributed by atoms with Gasteiger partial charge in [0.2, 0.25) is 0 Å². The number of anilines is 2. The van der Waals surface area contributed by atoms with Crippen LogP contribution in [0.2, 0.25) is 0 Å². The van der Waals surface area contributed by atoms with Crippen LogP contribution in [0.25, 0.3) is 5.65 Å². The summed E-state index contributed by atoms with van der Waals surface area (Å²) in [6.07, 6.45) is 1.85. The summed E-state index contributed by atoms with van der Waals surface area (Å²) in [5.74, 6) is -0.194. The van der Waals surface area contributed by atoms with Gasteiger partial charge in [0.15, 0.2) is 0 Å². The van der Waals surface area contributed by atoms with E-state index >= 15 is 0 Å². The summed E-state index contributed by atoms with van der Waals surface area (Å²) in [5, 5.41) is 2.84. The molecule has 0 spiro atoms. The Hall–Kier alpha value is -2.82. The predicted molar refractivity (Wildman–Crippen MR) is 83.5 cm³/mol. The number of rotatable bonds is 2. The third kappa shape index (κ3) is 2.45. The number of carbonyl (C=O) groups is 1. The largest absolute Gasteiger partial charge is 0.399 e. The first-order valence-corrected chi connectivity index (χ1v) is 6.67. The quantitative estimate of drug-likeness (QED) is 0.709. The minimum Gasteiger partial charge on any atom is -0.399 e. The fourth-order valence-corrected chi connectivity index (χ4v) is 2.39. The van der Waals surface area contributed by atoms with Crippen LogP contribution in [0.4, 0.5) is 11.4 Å². The second kappa shape index (κ2) is 4.94. The summed E-state index contributed by atoms with van der Waals surface area (Å²) in [6, 6.07) is 10.9.